The maximum Gasteiger partial charge on any atom is 0.253 e. The Morgan fingerprint density at radius 2 is 2.12 bits per heavy atom. The maximum absolute atomic E-state index is 12.3. The number of halogens is 1. The first-order chi connectivity index (χ1) is 8.16. The Hall–Kier alpha value is -0.680. The van der Waals surface area contributed by atoms with Crippen molar-refractivity contribution in [2.45, 2.75) is 6.42 Å². The van der Waals surface area contributed by atoms with E-state index in [1.807, 2.05) is 22.7 Å². The van der Waals surface area contributed by atoms with E-state index in [2.05, 4.69) is 15.9 Å². The molecule has 1 aliphatic heterocycles. The van der Waals surface area contributed by atoms with Gasteiger partial charge in [0.2, 0.25) is 0 Å². The van der Waals surface area contributed by atoms with Crippen LogP contribution in [0.1, 0.15) is 16.8 Å². The van der Waals surface area contributed by atoms with Crippen molar-refractivity contribution in [3.63, 3.8) is 0 Å². The summed E-state index contributed by atoms with van der Waals surface area (Å²) in [7, 11) is 0. The van der Waals surface area contributed by atoms with Crippen molar-refractivity contribution >= 4 is 39.3 Å². The van der Waals surface area contributed by atoms with Crippen LogP contribution in [0.15, 0.2) is 22.7 Å². The summed E-state index contributed by atoms with van der Waals surface area (Å²) in [6.07, 6.45) is 1.07. The summed E-state index contributed by atoms with van der Waals surface area (Å²) < 4.78 is 0.852. The summed E-state index contributed by atoms with van der Waals surface area (Å²) in [5.74, 6) is 2.25. The summed E-state index contributed by atoms with van der Waals surface area (Å²) in [5.41, 5.74) is 7.04. The Bertz CT molecular complexity index is 397. The Morgan fingerprint density at radius 1 is 1.29 bits per heavy atom. The number of thioether (sulfide) groups is 1. The molecule has 0 atom stereocenters. The molecular formula is C12H15BrN2OS. The van der Waals surface area contributed by atoms with Crippen molar-refractivity contribution in [1.82, 2.24) is 4.90 Å². The van der Waals surface area contributed by atoms with Crippen molar-refractivity contribution in [1.29, 1.82) is 0 Å². The lowest BCUT2D eigenvalue weighted by molar-refractivity contribution is 0.0768. The Morgan fingerprint density at radius 3 is 2.88 bits per heavy atom. The molecule has 1 fully saturated rings. The third kappa shape index (κ3) is 3.39. The van der Waals surface area contributed by atoms with Gasteiger partial charge in [0.15, 0.2) is 0 Å². The number of nitrogen functional groups attached to an aromatic ring is 1. The van der Waals surface area contributed by atoms with Crippen LogP contribution in [0.25, 0.3) is 0 Å². The lowest BCUT2D eigenvalue weighted by atomic mass is 10.1. The molecule has 0 bridgehead atoms. The standard InChI is InChI=1S/C12H15BrN2OS/c13-10-6-9(7-11(14)8-10)12(16)15-2-1-4-17-5-3-15/h6-8H,1-5,14H2. The molecule has 1 heterocycles. The van der Waals surface area contributed by atoms with Gasteiger partial charge in [-0.15, -0.1) is 0 Å². The highest BCUT2D eigenvalue weighted by atomic mass is 79.9. The number of benzene rings is 1. The van der Waals surface area contributed by atoms with Gasteiger partial charge in [-0.25, -0.2) is 0 Å². The van der Waals surface area contributed by atoms with Crippen LogP contribution in [0.5, 0.6) is 0 Å². The SMILES string of the molecule is Nc1cc(Br)cc(C(=O)N2CCCSCC2)c1. The molecule has 0 saturated carbocycles. The average molecular weight is 315 g/mol. The number of rotatable bonds is 1. The summed E-state index contributed by atoms with van der Waals surface area (Å²) >= 11 is 5.28. The lowest BCUT2D eigenvalue weighted by Gasteiger charge is -2.20. The minimum Gasteiger partial charge on any atom is -0.399 e. The van der Waals surface area contributed by atoms with Gasteiger partial charge in [-0.05, 0) is 30.4 Å². The summed E-state index contributed by atoms with van der Waals surface area (Å²) in [6, 6.07) is 5.37. The Labute approximate surface area is 114 Å². The molecule has 1 aliphatic rings. The smallest absolute Gasteiger partial charge is 0.253 e. The van der Waals surface area contributed by atoms with Gasteiger partial charge in [0.25, 0.3) is 5.91 Å². The van der Waals surface area contributed by atoms with Crippen LogP contribution in [0.3, 0.4) is 0 Å². The van der Waals surface area contributed by atoms with E-state index in [9.17, 15) is 4.79 Å². The number of carbonyl (C=O) groups is 1. The van der Waals surface area contributed by atoms with Gasteiger partial charge < -0.3 is 10.6 Å². The van der Waals surface area contributed by atoms with Crippen molar-refractivity contribution < 1.29 is 4.79 Å². The monoisotopic (exact) mass is 314 g/mol. The van der Waals surface area contributed by atoms with Crippen LogP contribution in [-0.2, 0) is 0 Å². The molecule has 1 saturated heterocycles. The molecule has 1 amide bonds. The van der Waals surface area contributed by atoms with Crippen LogP contribution in [0.4, 0.5) is 5.69 Å². The van der Waals surface area contributed by atoms with E-state index in [0.717, 1.165) is 35.5 Å². The van der Waals surface area contributed by atoms with E-state index >= 15 is 0 Å². The fourth-order valence-electron chi connectivity index (χ4n) is 1.87. The third-order valence-electron chi connectivity index (χ3n) is 2.68. The average Bonchev–Trinajstić information content (AvgIpc) is 2.55. The van der Waals surface area contributed by atoms with E-state index in [4.69, 9.17) is 5.73 Å². The predicted octanol–water partition coefficient (Wildman–Crippen LogP) is 2.61. The molecule has 0 radical (unpaired) electrons. The zero-order valence-corrected chi connectivity index (χ0v) is 11.9. The quantitative estimate of drug-likeness (QED) is 0.810. The van der Waals surface area contributed by atoms with Gasteiger partial charge >= 0.3 is 0 Å². The molecule has 5 heteroatoms. The lowest BCUT2D eigenvalue weighted by Crippen LogP contribution is -2.32. The molecule has 1 aromatic carbocycles. The highest BCUT2D eigenvalue weighted by molar-refractivity contribution is 9.10. The van der Waals surface area contributed by atoms with E-state index in [1.165, 1.54) is 0 Å². The number of anilines is 1. The van der Waals surface area contributed by atoms with Gasteiger partial charge in [-0.2, -0.15) is 11.8 Å². The van der Waals surface area contributed by atoms with Crippen LogP contribution in [0, 0.1) is 0 Å². The van der Waals surface area contributed by atoms with Crippen molar-refractivity contribution in [2.75, 3.05) is 30.3 Å². The maximum atomic E-state index is 12.3. The van der Waals surface area contributed by atoms with Crippen LogP contribution >= 0.6 is 27.7 Å². The first-order valence-electron chi connectivity index (χ1n) is 5.60. The summed E-state index contributed by atoms with van der Waals surface area (Å²) in [6.45, 7) is 1.67. The van der Waals surface area contributed by atoms with Gasteiger partial charge in [0, 0.05) is 34.6 Å². The first kappa shape index (κ1) is 12.8. The van der Waals surface area contributed by atoms with Gasteiger partial charge in [0.1, 0.15) is 0 Å². The third-order valence-corrected chi connectivity index (χ3v) is 4.18. The number of hydrogen-bond acceptors (Lipinski definition) is 3. The van der Waals surface area contributed by atoms with Crippen LogP contribution in [-0.4, -0.2) is 35.4 Å². The summed E-state index contributed by atoms with van der Waals surface area (Å²) in [4.78, 5) is 14.2. The molecule has 2 N–H and O–H groups in total. The fourth-order valence-corrected chi connectivity index (χ4v) is 3.27. The largest absolute Gasteiger partial charge is 0.399 e. The van der Waals surface area contributed by atoms with Gasteiger partial charge in [0.05, 0.1) is 0 Å². The molecular weight excluding hydrogens is 300 g/mol. The van der Waals surface area contributed by atoms with E-state index in [-0.39, 0.29) is 5.91 Å². The Kier molecular flexibility index (Phi) is 4.34. The van der Waals surface area contributed by atoms with Crippen LogP contribution < -0.4 is 5.73 Å². The number of hydrogen-bond donors (Lipinski definition) is 1. The zero-order valence-electron chi connectivity index (χ0n) is 9.49. The van der Waals surface area contributed by atoms with E-state index in [1.54, 1.807) is 12.1 Å². The Balaban J connectivity index is 2.17. The second-order valence-corrected chi connectivity index (χ2v) is 6.17. The highest BCUT2D eigenvalue weighted by Crippen LogP contribution is 2.20. The number of amides is 1. The predicted molar refractivity (Wildman–Crippen MR) is 76.4 cm³/mol. The molecule has 0 aromatic heterocycles. The molecule has 0 spiro atoms. The van der Waals surface area contributed by atoms with E-state index in [0.29, 0.717) is 11.3 Å². The second kappa shape index (κ2) is 5.78. The highest BCUT2D eigenvalue weighted by Gasteiger charge is 2.17. The van der Waals surface area contributed by atoms with Crippen molar-refractivity contribution in [2.24, 2.45) is 0 Å². The molecule has 0 aliphatic carbocycles. The van der Waals surface area contributed by atoms with Gasteiger partial charge in [-0.1, -0.05) is 15.9 Å². The normalized spacial score (nSPS) is 16.6. The number of nitrogens with two attached hydrogens (primary N) is 1. The molecule has 1 aromatic rings. The summed E-state index contributed by atoms with van der Waals surface area (Å²) in [5, 5.41) is 0. The number of nitrogens with zero attached hydrogens (tertiary/aromatic N) is 1. The fraction of sp³-hybridized carbons (Fsp3) is 0.417. The van der Waals surface area contributed by atoms with Crippen molar-refractivity contribution in [3.8, 4) is 0 Å². The minimum atomic E-state index is 0.0838. The minimum absolute atomic E-state index is 0.0838. The van der Waals surface area contributed by atoms with E-state index < -0.39 is 0 Å². The molecule has 0 unspecified atom stereocenters. The topological polar surface area (TPSA) is 46.3 Å². The van der Waals surface area contributed by atoms with Crippen LogP contribution in [0.2, 0.25) is 0 Å². The molecule has 92 valence electrons. The van der Waals surface area contributed by atoms with Crippen molar-refractivity contribution in [3.05, 3.63) is 28.2 Å². The zero-order chi connectivity index (χ0) is 12.3. The molecule has 3 nitrogen and oxygen atoms in total. The molecule has 2 rings (SSSR count). The van der Waals surface area contributed by atoms with Gasteiger partial charge in [-0.3, -0.25) is 4.79 Å². The molecule has 17 heavy (non-hydrogen) atoms. The second-order valence-electron chi connectivity index (χ2n) is 4.03. The first-order valence-corrected chi connectivity index (χ1v) is 7.54. The number of carbonyl (C=O) groups excluding carboxylic acids is 1.